The molecule has 0 aliphatic carbocycles. The molecule has 0 aliphatic heterocycles. The van der Waals surface area contributed by atoms with Gasteiger partial charge >= 0.3 is 0 Å². The fraction of sp³-hybridized carbons (Fsp3) is 0.0833. The molecule has 0 bridgehead atoms. The van der Waals surface area contributed by atoms with Crippen LogP contribution in [0.2, 0.25) is 0 Å². The average molecular weight is 289 g/mol. The van der Waals surface area contributed by atoms with Crippen LogP contribution in [0.15, 0.2) is 47.3 Å². The summed E-state index contributed by atoms with van der Waals surface area (Å²) in [6.45, 7) is 0.681. The van der Waals surface area contributed by atoms with Gasteiger partial charge in [0.15, 0.2) is 0 Å². The molecule has 1 aromatic carbocycles. The van der Waals surface area contributed by atoms with E-state index < -0.39 is 0 Å². The number of hydrogen-bond acceptors (Lipinski definition) is 3. The molecular formula is C12H9BrN4. The van der Waals surface area contributed by atoms with Gasteiger partial charge in [-0.3, -0.25) is 4.98 Å². The summed E-state index contributed by atoms with van der Waals surface area (Å²) in [5, 5.41) is 8.88. The van der Waals surface area contributed by atoms with Crippen molar-refractivity contribution in [3.8, 4) is 0 Å². The van der Waals surface area contributed by atoms with E-state index in [0.29, 0.717) is 6.54 Å². The van der Waals surface area contributed by atoms with Crippen LogP contribution < -0.4 is 0 Å². The van der Waals surface area contributed by atoms with E-state index in [0.717, 1.165) is 20.9 Å². The van der Waals surface area contributed by atoms with E-state index in [1.54, 1.807) is 17.1 Å². The van der Waals surface area contributed by atoms with E-state index in [4.69, 9.17) is 0 Å². The summed E-state index contributed by atoms with van der Waals surface area (Å²) in [6.07, 6.45) is 5.32. The Morgan fingerprint density at radius 2 is 2.12 bits per heavy atom. The fourth-order valence-electron chi connectivity index (χ4n) is 1.82. The number of fused-ring (bicyclic) bond motifs is 1. The molecule has 17 heavy (non-hydrogen) atoms. The number of aromatic nitrogens is 4. The quantitative estimate of drug-likeness (QED) is 0.728. The van der Waals surface area contributed by atoms with Crippen molar-refractivity contribution < 1.29 is 0 Å². The third kappa shape index (κ3) is 1.93. The third-order valence-corrected chi connectivity index (χ3v) is 3.30. The molecule has 4 nitrogen and oxygen atoms in total. The minimum Gasteiger partial charge on any atom is -0.256 e. The molecule has 0 amide bonds. The first-order valence-corrected chi connectivity index (χ1v) is 6.00. The minimum absolute atomic E-state index is 0.681. The second-order valence-electron chi connectivity index (χ2n) is 3.71. The van der Waals surface area contributed by atoms with Crippen LogP contribution in [-0.2, 0) is 6.54 Å². The molecule has 0 saturated heterocycles. The molecule has 3 aromatic rings. The Balaban J connectivity index is 2.14. The topological polar surface area (TPSA) is 43.6 Å². The SMILES string of the molecule is Brc1ccc(Cn2ccnn2)c2ncccc12. The number of rotatable bonds is 2. The van der Waals surface area contributed by atoms with Crippen LogP contribution in [0.1, 0.15) is 5.56 Å². The van der Waals surface area contributed by atoms with Crippen LogP contribution in [-0.4, -0.2) is 20.0 Å². The molecule has 0 N–H and O–H groups in total. The molecule has 0 fully saturated rings. The molecule has 2 aromatic heterocycles. The first kappa shape index (κ1) is 10.4. The lowest BCUT2D eigenvalue weighted by Crippen LogP contribution is -2.02. The van der Waals surface area contributed by atoms with Crippen molar-refractivity contribution in [1.82, 2.24) is 20.0 Å². The second kappa shape index (κ2) is 4.25. The number of halogens is 1. The largest absolute Gasteiger partial charge is 0.256 e. The van der Waals surface area contributed by atoms with Crippen molar-refractivity contribution >= 4 is 26.8 Å². The molecule has 5 heteroatoms. The maximum atomic E-state index is 4.43. The lowest BCUT2D eigenvalue weighted by Gasteiger charge is -2.06. The van der Waals surface area contributed by atoms with Crippen molar-refractivity contribution in [1.29, 1.82) is 0 Å². The molecule has 0 unspecified atom stereocenters. The number of nitrogens with zero attached hydrogens (tertiary/aromatic N) is 4. The third-order valence-electron chi connectivity index (χ3n) is 2.60. The zero-order valence-corrected chi connectivity index (χ0v) is 10.5. The van der Waals surface area contributed by atoms with Gasteiger partial charge < -0.3 is 0 Å². The monoisotopic (exact) mass is 288 g/mol. The van der Waals surface area contributed by atoms with Gasteiger partial charge in [0, 0.05) is 22.3 Å². The van der Waals surface area contributed by atoms with E-state index in [1.165, 1.54) is 0 Å². The van der Waals surface area contributed by atoms with Crippen LogP contribution in [0, 0.1) is 0 Å². The summed E-state index contributed by atoms with van der Waals surface area (Å²) < 4.78 is 2.85. The summed E-state index contributed by atoms with van der Waals surface area (Å²) in [7, 11) is 0. The van der Waals surface area contributed by atoms with E-state index in [1.807, 2.05) is 18.3 Å². The van der Waals surface area contributed by atoms with Gasteiger partial charge in [-0.2, -0.15) is 0 Å². The molecule has 0 atom stereocenters. The van der Waals surface area contributed by atoms with Crippen molar-refractivity contribution in [2.75, 3.05) is 0 Å². The molecule has 0 aliphatic rings. The van der Waals surface area contributed by atoms with Crippen molar-refractivity contribution in [2.24, 2.45) is 0 Å². The molecule has 3 rings (SSSR count). The smallest absolute Gasteiger partial charge is 0.0764 e. The summed E-state index contributed by atoms with van der Waals surface area (Å²) in [5.74, 6) is 0. The van der Waals surface area contributed by atoms with Crippen molar-refractivity contribution in [3.05, 3.63) is 52.9 Å². The Hall–Kier alpha value is -1.75. The van der Waals surface area contributed by atoms with Gasteiger partial charge in [0.25, 0.3) is 0 Å². The molecule has 84 valence electrons. The summed E-state index contributed by atoms with van der Waals surface area (Å²) >= 11 is 3.53. The predicted molar refractivity (Wildman–Crippen MR) is 68.6 cm³/mol. The van der Waals surface area contributed by atoms with E-state index >= 15 is 0 Å². The molecule has 0 saturated carbocycles. The van der Waals surface area contributed by atoms with E-state index in [2.05, 4.69) is 43.4 Å². The van der Waals surface area contributed by atoms with Crippen molar-refractivity contribution in [2.45, 2.75) is 6.54 Å². The van der Waals surface area contributed by atoms with Gasteiger partial charge in [0.05, 0.1) is 18.3 Å². The Morgan fingerprint density at radius 1 is 1.18 bits per heavy atom. The van der Waals surface area contributed by atoms with Crippen LogP contribution in [0.25, 0.3) is 10.9 Å². The number of hydrogen-bond donors (Lipinski definition) is 0. The standard InChI is InChI=1S/C12H9BrN4/c13-11-4-3-9(8-17-7-6-15-16-17)12-10(11)2-1-5-14-12/h1-7H,8H2. The van der Waals surface area contributed by atoms with E-state index in [9.17, 15) is 0 Å². The zero-order valence-electron chi connectivity index (χ0n) is 8.92. The Bertz CT molecular complexity index is 649. The predicted octanol–water partition coefficient (Wildman–Crippen LogP) is 2.64. The van der Waals surface area contributed by atoms with Gasteiger partial charge in [-0.05, 0) is 17.7 Å². The number of benzene rings is 1. The number of pyridine rings is 1. The van der Waals surface area contributed by atoms with Gasteiger partial charge in [-0.25, -0.2) is 4.68 Å². The Kier molecular flexibility index (Phi) is 2.60. The second-order valence-corrected chi connectivity index (χ2v) is 4.56. The van der Waals surface area contributed by atoms with Gasteiger partial charge in [0.1, 0.15) is 0 Å². The lowest BCUT2D eigenvalue weighted by atomic mass is 10.1. The highest BCUT2D eigenvalue weighted by atomic mass is 79.9. The molecular weight excluding hydrogens is 280 g/mol. The van der Waals surface area contributed by atoms with Crippen LogP contribution >= 0.6 is 15.9 Å². The van der Waals surface area contributed by atoms with Gasteiger partial charge in [-0.15, -0.1) is 5.10 Å². The van der Waals surface area contributed by atoms with Gasteiger partial charge in [-0.1, -0.05) is 33.3 Å². The average Bonchev–Trinajstić information content (AvgIpc) is 2.86. The summed E-state index contributed by atoms with van der Waals surface area (Å²) in [5.41, 5.74) is 2.13. The maximum absolute atomic E-state index is 4.43. The fourth-order valence-corrected chi connectivity index (χ4v) is 2.27. The van der Waals surface area contributed by atoms with Crippen molar-refractivity contribution in [3.63, 3.8) is 0 Å². The van der Waals surface area contributed by atoms with Gasteiger partial charge in [0.2, 0.25) is 0 Å². The Morgan fingerprint density at radius 3 is 2.94 bits per heavy atom. The van der Waals surface area contributed by atoms with E-state index in [-0.39, 0.29) is 0 Å². The zero-order chi connectivity index (χ0) is 11.7. The minimum atomic E-state index is 0.681. The highest BCUT2D eigenvalue weighted by Gasteiger charge is 2.06. The summed E-state index contributed by atoms with van der Waals surface area (Å²) in [4.78, 5) is 4.43. The molecule has 0 spiro atoms. The highest BCUT2D eigenvalue weighted by molar-refractivity contribution is 9.10. The first-order valence-electron chi connectivity index (χ1n) is 5.21. The van der Waals surface area contributed by atoms with Crippen LogP contribution in [0.4, 0.5) is 0 Å². The normalized spacial score (nSPS) is 10.9. The molecule has 2 heterocycles. The molecule has 0 radical (unpaired) electrons. The lowest BCUT2D eigenvalue weighted by molar-refractivity contribution is 0.651. The summed E-state index contributed by atoms with van der Waals surface area (Å²) in [6, 6.07) is 8.08. The van der Waals surface area contributed by atoms with Crippen LogP contribution in [0.5, 0.6) is 0 Å². The highest BCUT2D eigenvalue weighted by Crippen LogP contribution is 2.25. The Labute approximate surface area is 106 Å². The van der Waals surface area contributed by atoms with Crippen LogP contribution in [0.3, 0.4) is 0 Å². The first-order chi connectivity index (χ1) is 8.34. The maximum Gasteiger partial charge on any atom is 0.0764 e.